The third-order valence-corrected chi connectivity index (χ3v) is 4.66. The van der Waals surface area contributed by atoms with Crippen molar-refractivity contribution in [3.05, 3.63) is 0 Å². The summed E-state index contributed by atoms with van der Waals surface area (Å²) in [7, 11) is 0. The van der Waals surface area contributed by atoms with Crippen LogP contribution in [0, 0.1) is 0 Å². The van der Waals surface area contributed by atoms with Crippen molar-refractivity contribution >= 4 is 11.8 Å². The summed E-state index contributed by atoms with van der Waals surface area (Å²) in [6.45, 7) is 6.47. The van der Waals surface area contributed by atoms with Crippen LogP contribution in [0.15, 0.2) is 0 Å². The molecule has 3 heterocycles. The van der Waals surface area contributed by atoms with E-state index in [9.17, 15) is 0 Å². The highest BCUT2D eigenvalue weighted by atomic mass is 32.2. The molecule has 3 aliphatic rings. The number of ether oxygens (including phenoxy) is 5. The van der Waals surface area contributed by atoms with Crippen LogP contribution in [0.1, 0.15) is 33.6 Å². The van der Waals surface area contributed by atoms with Gasteiger partial charge in [-0.25, -0.2) is 0 Å². The molecule has 0 aromatic heterocycles. The maximum atomic E-state index is 6.27. The van der Waals surface area contributed by atoms with Gasteiger partial charge in [0.1, 0.15) is 12.2 Å². The summed E-state index contributed by atoms with van der Waals surface area (Å²) in [6.07, 6.45) is 3.17. The third kappa shape index (κ3) is 2.87. The Morgan fingerprint density at radius 3 is 2.65 bits per heavy atom. The van der Waals surface area contributed by atoms with Gasteiger partial charge in [0.2, 0.25) is 0 Å². The Bertz CT molecular complexity index is 359. The summed E-state index contributed by atoms with van der Waals surface area (Å²) in [5, 5.41) is 0. The molecule has 0 aliphatic carbocycles. The van der Waals surface area contributed by atoms with Crippen molar-refractivity contribution in [1.82, 2.24) is 0 Å². The highest BCUT2D eigenvalue weighted by Crippen LogP contribution is 2.42. The first-order chi connectivity index (χ1) is 9.42. The zero-order valence-electron chi connectivity index (χ0n) is 12.6. The first kappa shape index (κ1) is 15.1. The molecule has 3 saturated heterocycles. The Kier molecular flexibility index (Phi) is 4.07. The van der Waals surface area contributed by atoms with E-state index in [0.29, 0.717) is 6.61 Å². The molecule has 5 atom stereocenters. The molecule has 0 aromatic carbocycles. The normalized spacial score (nSPS) is 46.8. The lowest BCUT2D eigenvalue weighted by atomic mass is 10.1. The molecule has 5 unspecified atom stereocenters. The molecule has 0 spiro atoms. The maximum Gasteiger partial charge on any atom is 0.190 e. The maximum absolute atomic E-state index is 6.27. The molecule has 6 heteroatoms. The van der Waals surface area contributed by atoms with Crippen LogP contribution in [0.3, 0.4) is 0 Å². The van der Waals surface area contributed by atoms with E-state index in [2.05, 4.69) is 6.26 Å². The third-order valence-electron chi connectivity index (χ3n) is 4.04. The largest absolute Gasteiger partial charge is 0.350 e. The summed E-state index contributed by atoms with van der Waals surface area (Å²) in [5.74, 6) is -0.158. The van der Waals surface area contributed by atoms with Crippen LogP contribution >= 0.6 is 11.8 Å². The van der Waals surface area contributed by atoms with Gasteiger partial charge in [-0.05, 0) is 39.2 Å². The molecule has 0 amide bonds. The number of hydrogen-bond acceptors (Lipinski definition) is 6. The molecule has 5 nitrogen and oxygen atoms in total. The van der Waals surface area contributed by atoms with E-state index in [1.165, 1.54) is 0 Å². The number of thioether (sulfide) groups is 1. The van der Waals surface area contributed by atoms with Crippen molar-refractivity contribution in [2.24, 2.45) is 0 Å². The van der Waals surface area contributed by atoms with E-state index in [-0.39, 0.29) is 24.6 Å². The molecule has 3 rings (SSSR count). The van der Waals surface area contributed by atoms with Crippen LogP contribution in [0.4, 0.5) is 0 Å². The van der Waals surface area contributed by atoms with Gasteiger partial charge in [0.25, 0.3) is 0 Å². The van der Waals surface area contributed by atoms with E-state index in [0.717, 1.165) is 18.6 Å². The monoisotopic (exact) mass is 304 g/mol. The lowest BCUT2D eigenvalue weighted by Gasteiger charge is -2.32. The van der Waals surface area contributed by atoms with Crippen molar-refractivity contribution < 1.29 is 23.7 Å². The molecular weight excluding hydrogens is 280 g/mol. The van der Waals surface area contributed by atoms with E-state index >= 15 is 0 Å². The van der Waals surface area contributed by atoms with Gasteiger partial charge in [-0.3, -0.25) is 0 Å². The molecule has 20 heavy (non-hydrogen) atoms. The van der Waals surface area contributed by atoms with Crippen molar-refractivity contribution in [3.8, 4) is 0 Å². The molecule has 0 aromatic rings. The number of rotatable bonds is 3. The lowest BCUT2D eigenvalue weighted by molar-refractivity contribution is -0.261. The average Bonchev–Trinajstić information content (AvgIpc) is 2.74. The van der Waals surface area contributed by atoms with E-state index < -0.39 is 11.6 Å². The average molecular weight is 304 g/mol. The van der Waals surface area contributed by atoms with Crippen LogP contribution in [0.25, 0.3) is 0 Å². The van der Waals surface area contributed by atoms with E-state index in [1.54, 1.807) is 11.8 Å². The zero-order valence-corrected chi connectivity index (χ0v) is 13.4. The van der Waals surface area contributed by atoms with Crippen LogP contribution in [-0.4, -0.2) is 54.8 Å². The summed E-state index contributed by atoms with van der Waals surface area (Å²) in [5.41, 5.74) is 0. The van der Waals surface area contributed by atoms with E-state index in [4.69, 9.17) is 23.7 Å². The van der Waals surface area contributed by atoms with Crippen LogP contribution < -0.4 is 0 Å². The molecule has 0 saturated carbocycles. The minimum atomic E-state index is -0.605. The predicted octanol–water partition coefficient (Wildman–Crippen LogP) is 2.14. The standard InChI is InChI=1S/C14H24O5S/c1-13(2)17-11-10-9(16-12(11)19-13)5-7-15-14(3,18-10)6-8-20-4/h9-12H,5-8H2,1-4H3. The zero-order chi connectivity index (χ0) is 14.4. The van der Waals surface area contributed by atoms with Gasteiger partial charge in [-0.1, -0.05) is 0 Å². The van der Waals surface area contributed by atoms with E-state index in [1.807, 2.05) is 20.8 Å². The Balaban J connectivity index is 1.73. The SMILES string of the molecule is CSCCC1(C)OCCC2OC3OC(C)(C)OC3C2O1. The summed E-state index contributed by atoms with van der Waals surface area (Å²) in [4.78, 5) is 0. The number of hydrogen-bond donors (Lipinski definition) is 0. The Morgan fingerprint density at radius 1 is 1.10 bits per heavy atom. The fourth-order valence-electron chi connectivity index (χ4n) is 3.05. The van der Waals surface area contributed by atoms with Gasteiger partial charge in [0.05, 0.1) is 12.7 Å². The van der Waals surface area contributed by atoms with Gasteiger partial charge >= 0.3 is 0 Å². The number of fused-ring (bicyclic) bond motifs is 3. The molecule has 0 N–H and O–H groups in total. The quantitative estimate of drug-likeness (QED) is 0.796. The van der Waals surface area contributed by atoms with Gasteiger partial charge < -0.3 is 23.7 Å². The van der Waals surface area contributed by atoms with Crippen LogP contribution in [0.5, 0.6) is 0 Å². The molecule has 0 radical (unpaired) electrons. The Morgan fingerprint density at radius 2 is 1.90 bits per heavy atom. The Hall–Kier alpha value is 0.150. The van der Waals surface area contributed by atoms with Crippen molar-refractivity contribution in [1.29, 1.82) is 0 Å². The fourth-order valence-corrected chi connectivity index (χ4v) is 3.63. The molecular formula is C14H24O5S. The van der Waals surface area contributed by atoms with Gasteiger partial charge in [0.15, 0.2) is 17.9 Å². The van der Waals surface area contributed by atoms with Crippen LogP contribution in [0.2, 0.25) is 0 Å². The second-order valence-corrected chi connectivity index (χ2v) is 7.22. The van der Waals surface area contributed by atoms with Crippen molar-refractivity contribution in [2.75, 3.05) is 18.6 Å². The minimum absolute atomic E-state index is 0.00259. The molecule has 3 fully saturated rings. The minimum Gasteiger partial charge on any atom is -0.350 e. The van der Waals surface area contributed by atoms with Crippen molar-refractivity contribution in [2.45, 2.75) is 69.8 Å². The Labute approximate surface area is 124 Å². The molecule has 3 aliphatic heterocycles. The molecule has 0 bridgehead atoms. The smallest absolute Gasteiger partial charge is 0.190 e. The molecule has 116 valence electrons. The second kappa shape index (κ2) is 5.41. The predicted molar refractivity (Wildman–Crippen MR) is 75.5 cm³/mol. The van der Waals surface area contributed by atoms with Gasteiger partial charge in [-0.15, -0.1) is 0 Å². The topological polar surface area (TPSA) is 46.2 Å². The fraction of sp³-hybridized carbons (Fsp3) is 1.00. The summed E-state index contributed by atoms with van der Waals surface area (Å²) < 4.78 is 29.9. The summed E-state index contributed by atoms with van der Waals surface area (Å²) in [6, 6.07) is 0. The van der Waals surface area contributed by atoms with Gasteiger partial charge in [0, 0.05) is 6.42 Å². The first-order valence-electron chi connectivity index (χ1n) is 7.24. The highest BCUT2D eigenvalue weighted by Gasteiger charge is 2.57. The van der Waals surface area contributed by atoms with Crippen molar-refractivity contribution in [3.63, 3.8) is 0 Å². The van der Waals surface area contributed by atoms with Crippen LogP contribution in [-0.2, 0) is 23.7 Å². The van der Waals surface area contributed by atoms with Gasteiger partial charge in [-0.2, -0.15) is 11.8 Å². The highest BCUT2D eigenvalue weighted by molar-refractivity contribution is 7.98. The summed E-state index contributed by atoms with van der Waals surface area (Å²) >= 11 is 1.80. The second-order valence-electron chi connectivity index (χ2n) is 6.24. The lowest BCUT2D eigenvalue weighted by Crippen LogP contribution is -2.43. The first-order valence-corrected chi connectivity index (χ1v) is 8.64.